The van der Waals surface area contributed by atoms with E-state index in [1.54, 1.807) is 38.5 Å². The summed E-state index contributed by atoms with van der Waals surface area (Å²) >= 11 is 0. The molecule has 0 unspecified atom stereocenters. The molecule has 1 amide bonds. The summed E-state index contributed by atoms with van der Waals surface area (Å²) in [6.07, 6.45) is 1.48. The first-order valence-corrected chi connectivity index (χ1v) is 10.3. The summed E-state index contributed by atoms with van der Waals surface area (Å²) < 4.78 is 10.4. The third-order valence-electron chi connectivity index (χ3n) is 5.38. The van der Waals surface area contributed by atoms with Crippen molar-refractivity contribution in [3.8, 4) is 11.5 Å². The zero-order valence-electron chi connectivity index (χ0n) is 18.1. The molecule has 1 aliphatic rings. The smallest absolute Gasteiger partial charge is 0.260 e. The fourth-order valence-corrected chi connectivity index (χ4v) is 3.56. The lowest BCUT2D eigenvalue weighted by Gasteiger charge is -2.36. The average Bonchev–Trinajstić information content (AvgIpc) is 2.84. The maximum Gasteiger partial charge on any atom is 0.260 e. The van der Waals surface area contributed by atoms with Crippen molar-refractivity contribution in [3.05, 3.63) is 60.3 Å². The van der Waals surface area contributed by atoms with E-state index < -0.39 is 0 Å². The molecule has 1 aromatic heterocycles. The highest BCUT2D eigenvalue weighted by Crippen LogP contribution is 2.24. The van der Waals surface area contributed by atoms with Gasteiger partial charge in [-0.15, -0.1) is 0 Å². The van der Waals surface area contributed by atoms with E-state index in [1.807, 2.05) is 18.2 Å². The number of benzene rings is 2. The van der Waals surface area contributed by atoms with Crippen LogP contribution >= 0.6 is 0 Å². The van der Waals surface area contributed by atoms with Crippen LogP contribution in [0.5, 0.6) is 11.5 Å². The number of nitrogens with one attached hydrogen (secondary N) is 1. The van der Waals surface area contributed by atoms with Crippen LogP contribution in [-0.4, -0.2) is 56.3 Å². The SMILES string of the molecule is COc1ccc(NC(=O)c2cnc(N3CCN(c4cccc(OC)c4)CC3)nc2N)cc1. The monoisotopic (exact) mass is 434 g/mol. The lowest BCUT2D eigenvalue weighted by atomic mass is 10.2. The van der Waals surface area contributed by atoms with Gasteiger partial charge in [-0.3, -0.25) is 4.79 Å². The maximum absolute atomic E-state index is 12.6. The van der Waals surface area contributed by atoms with Crippen molar-refractivity contribution in [1.29, 1.82) is 0 Å². The molecule has 3 aromatic rings. The lowest BCUT2D eigenvalue weighted by Crippen LogP contribution is -2.47. The number of piperazine rings is 1. The second kappa shape index (κ2) is 9.42. The summed E-state index contributed by atoms with van der Waals surface area (Å²) in [7, 11) is 3.26. The summed E-state index contributed by atoms with van der Waals surface area (Å²) in [5.41, 5.74) is 8.08. The van der Waals surface area contributed by atoms with E-state index in [4.69, 9.17) is 15.2 Å². The number of amides is 1. The molecule has 32 heavy (non-hydrogen) atoms. The van der Waals surface area contributed by atoms with Gasteiger partial charge in [-0.1, -0.05) is 6.07 Å². The molecule has 0 atom stereocenters. The van der Waals surface area contributed by atoms with Crippen LogP contribution in [0, 0.1) is 0 Å². The van der Waals surface area contributed by atoms with Gasteiger partial charge in [0.05, 0.1) is 14.2 Å². The predicted octanol–water partition coefficient (Wildman–Crippen LogP) is 2.65. The molecule has 1 saturated heterocycles. The van der Waals surface area contributed by atoms with Gasteiger partial charge in [-0.25, -0.2) is 4.98 Å². The molecule has 4 rings (SSSR count). The second-order valence-corrected chi connectivity index (χ2v) is 7.33. The summed E-state index contributed by atoms with van der Waals surface area (Å²) in [6, 6.07) is 15.1. The van der Waals surface area contributed by atoms with Crippen LogP contribution in [0.3, 0.4) is 0 Å². The summed E-state index contributed by atoms with van der Waals surface area (Å²) in [5, 5.41) is 2.80. The van der Waals surface area contributed by atoms with Crippen molar-refractivity contribution >= 4 is 29.0 Å². The molecule has 0 spiro atoms. The third kappa shape index (κ3) is 4.66. The van der Waals surface area contributed by atoms with Crippen LogP contribution in [0.4, 0.5) is 23.1 Å². The van der Waals surface area contributed by atoms with Crippen molar-refractivity contribution in [3.63, 3.8) is 0 Å². The first-order valence-electron chi connectivity index (χ1n) is 10.3. The molecular weight excluding hydrogens is 408 g/mol. The quantitative estimate of drug-likeness (QED) is 0.610. The van der Waals surface area contributed by atoms with Gasteiger partial charge in [0.15, 0.2) is 0 Å². The van der Waals surface area contributed by atoms with E-state index in [9.17, 15) is 4.79 Å². The fourth-order valence-electron chi connectivity index (χ4n) is 3.56. The molecular formula is C23H26N6O3. The van der Waals surface area contributed by atoms with Crippen LogP contribution in [0.15, 0.2) is 54.7 Å². The van der Waals surface area contributed by atoms with Gasteiger partial charge in [0.2, 0.25) is 5.95 Å². The minimum absolute atomic E-state index is 0.149. The van der Waals surface area contributed by atoms with Crippen molar-refractivity contribution < 1.29 is 14.3 Å². The Bertz CT molecular complexity index is 1080. The zero-order chi connectivity index (χ0) is 22.5. The molecule has 9 heteroatoms. The van der Waals surface area contributed by atoms with Gasteiger partial charge in [0.25, 0.3) is 5.91 Å². The molecule has 1 fully saturated rings. The first-order chi connectivity index (χ1) is 15.6. The standard InChI is InChI=1S/C23H26N6O3/c1-31-18-8-6-16(7-9-18)26-22(30)20-15-25-23(27-21(20)24)29-12-10-28(11-13-29)17-4-3-5-19(14-17)32-2/h3-9,14-15H,10-13H2,1-2H3,(H,26,30)(H2,24,25,27). The Labute approximate surface area is 186 Å². The number of carbonyl (C=O) groups excluding carboxylic acids is 1. The van der Waals surface area contributed by atoms with E-state index in [-0.39, 0.29) is 17.3 Å². The maximum atomic E-state index is 12.6. The number of anilines is 4. The largest absolute Gasteiger partial charge is 0.497 e. The van der Waals surface area contributed by atoms with E-state index in [1.165, 1.54) is 6.20 Å². The highest BCUT2D eigenvalue weighted by Gasteiger charge is 2.21. The van der Waals surface area contributed by atoms with E-state index in [2.05, 4.69) is 31.2 Å². The summed E-state index contributed by atoms with van der Waals surface area (Å²) in [4.78, 5) is 25.7. The molecule has 2 heterocycles. The van der Waals surface area contributed by atoms with Crippen molar-refractivity contribution in [2.24, 2.45) is 0 Å². The normalized spacial score (nSPS) is 13.6. The second-order valence-electron chi connectivity index (χ2n) is 7.33. The number of methoxy groups -OCH3 is 2. The molecule has 166 valence electrons. The zero-order valence-corrected chi connectivity index (χ0v) is 18.1. The number of rotatable bonds is 6. The molecule has 0 saturated carbocycles. The van der Waals surface area contributed by atoms with Crippen LogP contribution in [0.25, 0.3) is 0 Å². The van der Waals surface area contributed by atoms with Gasteiger partial charge in [0, 0.05) is 49.8 Å². The third-order valence-corrected chi connectivity index (χ3v) is 5.38. The van der Waals surface area contributed by atoms with Gasteiger partial charge >= 0.3 is 0 Å². The Balaban J connectivity index is 1.39. The highest BCUT2D eigenvalue weighted by atomic mass is 16.5. The molecule has 3 N–H and O–H groups in total. The molecule has 1 aliphatic heterocycles. The Morgan fingerprint density at radius 2 is 1.66 bits per heavy atom. The molecule has 9 nitrogen and oxygen atoms in total. The minimum atomic E-state index is -0.359. The number of hydrogen-bond acceptors (Lipinski definition) is 8. The number of hydrogen-bond donors (Lipinski definition) is 2. The van der Waals surface area contributed by atoms with Crippen molar-refractivity contribution in [1.82, 2.24) is 9.97 Å². The van der Waals surface area contributed by atoms with Crippen LogP contribution in [-0.2, 0) is 0 Å². The van der Waals surface area contributed by atoms with Crippen LogP contribution < -0.4 is 30.3 Å². The predicted molar refractivity (Wildman–Crippen MR) is 125 cm³/mol. The number of nitrogens with zero attached hydrogens (tertiary/aromatic N) is 4. The van der Waals surface area contributed by atoms with E-state index in [0.29, 0.717) is 17.4 Å². The molecule has 0 bridgehead atoms. The molecule has 0 aliphatic carbocycles. The molecule has 0 radical (unpaired) electrons. The van der Waals surface area contributed by atoms with Crippen molar-refractivity contribution in [2.75, 3.05) is 61.2 Å². The Hall–Kier alpha value is -4.01. The fraction of sp³-hybridized carbons (Fsp3) is 0.261. The van der Waals surface area contributed by atoms with Crippen LogP contribution in [0.1, 0.15) is 10.4 Å². The number of carbonyl (C=O) groups is 1. The topological polar surface area (TPSA) is 106 Å². The first kappa shape index (κ1) is 21.2. The highest BCUT2D eigenvalue weighted by molar-refractivity contribution is 6.07. The van der Waals surface area contributed by atoms with E-state index >= 15 is 0 Å². The van der Waals surface area contributed by atoms with Gasteiger partial charge in [0.1, 0.15) is 22.9 Å². The minimum Gasteiger partial charge on any atom is -0.497 e. The summed E-state index contributed by atoms with van der Waals surface area (Å²) in [5.74, 6) is 1.86. The average molecular weight is 435 g/mol. The number of nitrogens with two attached hydrogens (primary N) is 1. The van der Waals surface area contributed by atoms with Crippen molar-refractivity contribution in [2.45, 2.75) is 0 Å². The number of aromatic nitrogens is 2. The number of nitrogen functional groups attached to an aromatic ring is 1. The van der Waals surface area contributed by atoms with Crippen LogP contribution in [0.2, 0.25) is 0 Å². The number of ether oxygens (including phenoxy) is 2. The van der Waals surface area contributed by atoms with Gasteiger partial charge < -0.3 is 30.3 Å². The Morgan fingerprint density at radius 1 is 0.969 bits per heavy atom. The van der Waals surface area contributed by atoms with E-state index in [0.717, 1.165) is 37.6 Å². The Kier molecular flexibility index (Phi) is 6.25. The molecule has 2 aromatic carbocycles. The van der Waals surface area contributed by atoms with Gasteiger partial charge in [-0.05, 0) is 36.4 Å². The summed E-state index contributed by atoms with van der Waals surface area (Å²) in [6.45, 7) is 3.12. The van der Waals surface area contributed by atoms with Gasteiger partial charge in [-0.2, -0.15) is 4.98 Å². The Morgan fingerprint density at radius 3 is 2.31 bits per heavy atom. The lowest BCUT2D eigenvalue weighted by molar-refractivity contribution is 0.102.